The smallest absolute Gasteiger partial charge is 0.253 e. The van der Waals surface area contributed by atoms with Gasteiger partial charge < -0.3 is 14.5 Å². The van der Waals surface area contributed by atoms with Gasteiger partial charge >= 0.3 is 0 Å². The normalized spacial score (nSPS) is 13.3. The summed E-state index contributed by atoms with van der Waals surface area (Å²) in [5.41, 5.74) is 4.04. The Morgan fingerprint density at radius 2 is 1.67 bits per heavy atom. The molecular formula is C32H29FN6O2S. The minimum atomic E-state index is -0.238. The maximum Gasteiger partial charge on any atom is 0.253 e. The molecule has 1 amide bonds. The Hall–Kier alpha value is -4.70. The molecule has 1 saturated heterocycles. The van der Waals surface area contributed by atoms with Crippen molar-refractivity contribution in [3.8, 4) is 22.8 Å². The summed E-state index contributed by atoms with van der Waals surface area (Å²) >= 11 is 1.55. The molecule has 3 aromatic carbocycles. The van der Waals surface area contributed by atoms with Crippen LogP contribution in [0.25, 0.3) is 17.1 Å². The van der Waals surface area contributed by atoms with Gasteiger partial charge in [0.25, 0.3) is 5.91 Å². The number of pyridine rings is 1. The predicted molar refractivity (Wildman–Crippen MR) is 162 cm³/mol. The van der Waals surface area contributed by atoms with Gasteiger partial charge in [0.2, 0.25) is 0 Å². The number of rotatable bonds is 8. The summed E-state index contributed by atoms with van der Waals surface area (Å²) < 4.78 is 21.6. The molecule has 0 spiro atoms. The van der Waals surface area contributed by atoms with E-state index >= 15 is 0 Å². The van der Waals surface area contributed by atoms with Crippen LogP contribution >= 0.6 is 11.8 Å². The number of benzene rings is 3. The highest BCUT2D eigenvalue weighted by atomic mass is 32.2. The number of ether oxygens (including phenoxy) is 1. The highest BCUT2D eigenvalue weighted by Crippen LogP contribution is 2.31. The van der Waals surface area contributed by atoms with Gasteiger partial charge in [-0.05, 0) is 66.2 Å². The number of nitrogens with zero attached hydrogens (tertiary/aromatic N) is 6. The zero-order valence-electron chi connectivity index (χ0n) is 23.1. The summed E-state index contributed by atoms with van der Waals surface area (Å²) in [7, 11) is 1.64. The Labute approximate surface area is 247 Å². The second-order valence-corrected chi connectivity index (χ2v) is 10.7. The van der Waals surface area contributed by atoms with Crippen molar-refractivity contribution >= 4 is 23.4 Å². The van der Waals surface area contributed by atoms with E-state index in [2.05, 4.69) is 15.2 Å². The van der Waals surface area contributed by atoms with Crippen LogP contribution < -0.4 is 9.64 Å². The molecule has 3 heterocycles. The van der Waals surface area contributed by atoms with Gasteiger partial charge in [0, 0.05) is 61.1 Å². The van der Waals surface area contributed by atoms with Crippen molar-refractivity contribution in [2.75, 3.05) is 38.2 Å². The lowest BCUT2D eigenvalue weighted by molar-refractivity contribution is 0.0746. The van der Waals surface area contributed by atoms with Crippen LogP contribution in [-0.2, 0) is 5.75 Å². The van der Waals surface area contributed by atoms with Crippen molar-refractivity contribution < 1.29 is 13.9 Å². The van der Waals surface area contributed by atoms with E-state index in [9.17, 15) is 9.18 Å². The van der Waals surface area contributed by atoms with Gasteiger partial charge in [0.15, 0.2) is 11.0 Å². The molecule has 6 rings (SSSR count). The fourth-order valence-electron chi connectivity index (χ4n) is 5.00. The zero-order valence-corrected chi connectivity index (χ0v) is 23.9. The van der Waals surface area contributed by atoms with Crippen LogP contribution in [-0.4, -0.2) is 63.8 Å². The third kappa shape index (κ3) is 5.84. The number of methoxy groups -OCH3 is 1. The van der Waals surface area contributed by atoms with Gasteiger partial charge in [0.05, 0.1) is 12.8 Å². The molecule has 0 bridgehead atoms. The summed E-state index contributed by atoms with van der Waals surface area (Å²) in [5, 5.41) is 9.75. The number of hydrogen-bond acceptors (Lipinski definition) is 7. The minimum absolute atomic E-state index is 0.0172. The largest absolute Gasteiger partial charge is 0.497 e. The Morgan fingerprint density at radius 3 is 2.40 bits per heavy atom. The third-order valence-electron chi connectivity index (χ3n) is 7.20. The molecule has 0 radical (unpaired) electrons. The van der Waals surface area contributed by atoms with Gasteiger partial charge in [-0.2, -0.15) is 0 Å². The van der Waals surface area contributed by atoms with Crippen LogP contribution in [0.4, 0.5) is 10.1 Å². The lowest BCUT2D eigenvalue weighted by atomic mass is 10.1. The van der Waals surface area contributed by atoms with E-state index in [1.165, 1.54) is 6.07 Å². The minimum Gasteiger partial charge on any atom is -0.497 e. The fraction of sp³-hybridized carbons (Fsp3) is 0.188. The number of para-hydroxylation sites is 1. The molecule has 5 aromatic rings. The molecule has 212 valence electrons. The van der Waals surface area contributed by atoms with Gasteiger partial charge in [0.1, 0.15) is 11.6 Å². The van der Waals surface area contributed by atoms with E-state index < -0.39 is 0 Å². The molecule has 10 heteroatoms. The zero-order chi connectivity index (χ0) is 28.9. The summed E-state index contributed by atoms with van der Waals surface area (Å²) in [4.78, 5) is 21.3. The SMILES string of the molecule is COc1ccc(-n2c(SCc3cccc(C(=O)N4CCN(c5ccccc5F)CC4)c3)nnc2-c2ccncc2)cc1. The molecule has 0 aliphatic carbocycles. The molecule has 0 atom stereocenters. The number of anilines is 1. The van der Waals surface area contributed by atoms with Crippen molar-refractivity contribution in [2.45, 2.75) is 10.9 Å². The van der Waals surface area contributed by atoms with Crippen LogP contribution in [0.3, 0.4) is 0 Å². The highest BCUT2D eigenvalue weighted by Gasteiger charge is 2.24. The second kappa shape index (κ2) is 12.4. The lowest BCUT2D eigenvalue weighted by Gasteiger charge is -2.36. The van der Waals surface area contributed by atoms with E-state index in [0.29, 0.717) is 49.0 Å². The number of halogens is 1. The molecule has 42 heavy (non-hydrogen) atoms. The van der Waals surface area contributed by atoms with E-state index in [1.807, 2.05) is 81.1 Å². The van der Waals surface area contributed by atoms with Crippen molar-refractivity contribution in [2.24, 2.45) is 0 Å². The average molecular weight is 581 g/mol. The molecule has 1 fully saturated rings. The summed E-state index contributed by atoms with van der Waals surface area (Å²) in [6.07, 6.45) is 3.47. The van der Waals surface area contributed by atoms with Crippen molar-refractivity contribution in [3.63, 3.8) is 0 Å². The Bertz CT molecular complexity index is 1670. The Morgan fingerprint density at radius 1 is 0.905 bits per heavy atom. The summed E-state index contributed by atoms with van der Waals surface area (Å²) in [5.74, 6) is 1.83. The van der Waals surface area contributed by atoms with E-state index in [1.54, 1.807) is 43.4 Å². The average Bonchev–Trinajstić information content (AvgIpc) is 3.48. The first-order valence-corrected chi connectivity index (χ1v) is 14.6. The second-order valence-electron chi connectivity index (χ2n) is 9.80. The third-order valence-corrected chi connectivity index (χ3v) is 8.20. The van der Waals surface area contributed by atoms with Crippen molar-refractivity contribution in [3.05, 3.63) is 114 Å². The van der Waals surface area contributed by atoms with Crippen molar-refractivity contribution in [1.82, 2.24) is 24.6 Å². The Kier molecular flexibility index (Phi) is 8.14. The molecule has 8 nitrogen and oxygen atoms in total. The first kappa shape index (κ1) is 27.5. The Balaban J connectivity index is 1.17. The maximum atomic E-state index is 14.2. The molecule has 0 N–H and O–H groups in total. The number of hydrogen-bond donors (Lipinski definition) is 0. The standard InChI is InChI=1S/C32H29FN6O2S/c1-41-27-11-9-26(10-12-27)39-30(24-13-15-34-16-14-24)35-36-32(39)42-22-23-5-4-6-25(21-23)31(40)38-19-17-37(18-20-38)29-8-3-2-7-28(29)33/h2-16,21H,17-20,22H2,1H3. The van der Waals surface area contributed by atoms with Crippen LogP contribution in [0.2, 0.25) is 0 Å². The lowest BCUT2D eigenvalue weighted by Crippen LogP contribution is -2.49. The van der Waals surface area contributed by atoms with Gasteiger partial charge in [-0.3, -0.25) is 14.3 Å². The number of amides is 1. The number of carbonyl (C=O) groups is 1. The number of carbonyl (C=O) groups excluding carboxylic acids is 1. The predicted octanol–water partition coefficient (Wildman–Crippen LogP) is 5.73. The number of thioether (sulfide) groups is 1. The summed E-state index contributed by atoms with van der Waals surface area (Å²) in [6.45, 7) is 2.25. The molecule has 0 saturated carbocycles. The quantitative estimate of drug-likeness (QED) is 0.217. The maximum absolute atomic E-state index is 14.2. The van der Waals surface area contributed by atoms with Crippen LogP contribution in [0, 0.1) is 5.82 Å². The van der Waals surface area contributed by atoms with E-state index in [0.717, 1.165) is 27.7 Å². The van der Waals surface area contributed by atoms with E-state index in [-0.39, 0.29) is 11.7 Å². The highest BCUT2D eigenvalue weighted by molar-refractivity contribution is 7.98. The van der Waals surface area contributed by atoms with Crippen LogP contribution in [0.15, 0.2) is 102 Å². The van der Waals surface area contributed by atoms with Crippen molar-refractivity contribution in [1.29, 1.82) is 0 Å². The first-order chi connectivity index (χ1) is 20.6. The molecular weight excluding hydrogens is 551 g/mol. The van der Waals surface area contributed by atoms with Crippen LogP contribution in [0.1, 0.15) is 15.9 Å². The first-order valence-electron chi connectivity index (χ1n) is 13.6. The molecule has 0 unspecified atom stereocenters. The van der Waals surface area contributed by atoms with E-state index in [4.69, 9.17) is 4.74 Å². The summed E-state index contributed by atoms with van der Waals surface area (Å²) in [6, 6.07) is 26.1. The van der Waals surface area contributed by atoms with Gasteiger partial charge in [-0.25, -0.2) is 4.39 Å². The fourth-order valence-corrected chi connectivity index (χ4v) is 5.89. The number of aromatic nitrogens is 4. The number of piperazine rings is 1. The van der Waals surface area contributed by atoms with Gasteiger partial charge in [-0.15, -0.1) is 10.2 Å². The molecule has 2 aromatic heterocycles. The monoisotopic (exact) mass is 580 g/mol. The molecule has 1 aliphatic heterocycles. The van der Waals surface area contributed by atoms with Crippen LogP contribution in [0.5, 0.6) is 5.75 Å². The topological polar surface area (TPSA) is 76.4 Å². The van der Waals surface area contributed by atoms with Gasteiger partial charge in [-0.1, -0.05) is 36.0 Å². The molecule has 1 aliphatic rings.